The minimum Gasteiger partial charge on any atom is -0.344 e. The van der Waals surface area contributed by atoms with Crippen molar-refractivity contribution in [1.82, 2.24) is 10.2 Å². The van der Waals surface area contributed by atoms with Gasteiger partial charge in [-0.2, -0.15) is 0 Å². The van der Waals surface area contributed by atoms with E-state index in [0.717, 1.165) is 38.9 Å². The number of nitrogens with one attached hydrogen (secondary N) is 2. The summed E-state index contributed by atoms with van der Waals surface area (Å²) in [6.07, 6.45) is 7.56. The Morgan fingerprint density at radius 1 is 1.07 bits per heavy atom. The number of piperidine rings is 1. The fourth-order valence-electron chi connectivity index (χ4n) is 3.67. The first-order valence-electron chi connectivity index (χ1n) is 11.0. The molecule has 0 saturated carbocycles. The van der Waals surface area contributed by atoms with E-state index in [0.29, 0.717) is 30.0 Å². The molecule has 1 aromatic carbocycles. The Hall–Kier alpha value is -1.92. The van der Waals surface area contributed by atoms with Gasteiger partial charge in [-0.25, -0.2) is 0 Å². The second kappa shape index (κ2) is 13.4. The first-order chi connectivity index (χ1) is 14.4. The molecule has 0 unspecified atom stereocenters. The van der Waals surface area contributed by atoms with Gasteiger partial charge in [-0.15, -0.1) is 0 Å². The van der Waals surface area contributed by atoms with Crippen molar-refractivity contribution < 1.29 is 14.4 Å². The van der Waals surface area contributed by atoms with E-state index >= 15 is 0 Å². The molecule has 1 atom stereocenters. The van der Waals surface area contributed by atoms with Crippen molar-refractivity contribution in [2.45, 2.75) is 70.8 Å². The monoisotopic (exact) mass is 435 g/mol. The van der Waals surface area contributed by atoms with Crippen LogP contribution >= 0.6 is 11.6 Å². The molecule has 2 amide bonds. The first-order valence-corrected chi connectivity index (χ1v) is 11.4. The van der Waals surface area contributed by atoms with Crippen molar-refractivity contribution in [3.8, 4) is 0 Å². The number of anilines is 1. The summed E-state index contributed by atoms with van der Waals surface area (Å²) in [7, 11) is 0. The van der Waals surface area contributed by atoms with Crippen LogP contribution in [0.2, 0.25) is 5.02 Å². The number of carbonyl (C=O) groups is 3. The molecule has 1 heterocycles. The van der Waals surface area contributed by atoms with Crippen LogP contribution in [0.15, 0.2) is 24.3 Å². The number of halogens is 1. The highest BCUT2D eigenvalue weighted by Crippen LogP contribution is 2.16. The number of hydrogen-bond acceptors (Lipinski definition) is 4. The highest BCUT2D eigenvalue weighted by Gasteiger charge is 2.21. The van der Waals surface area contributed by atoms with E-state index < -0.39 is 6.04 Å². The van der Waals surface area contributed by atoms with Crippen LogP contribution in [0.3, 0.4) is 0 Å². The van der Waals surface area contributed by atoms with Gasteiger partial charge in [0.15, 0.2) is 0 Å². The van der Waals surface area contributed by atoms with Crippen LogP contribution in [0.1, 0.15) is 64.7 Å². The summed E-state index contributed by atoms with van der Waals surface area (Å²) in [5.41, 5.74) is 0.608. The van der Waals surface area contributed by atoms with E-state index in [9.17, 15) is 14.4 Å². The third-order valence-corrected chi connectivity index (χ3v) is 5.60. The Labute approximate surface area is 184 Å². The van der Waals surface area contributed by atoms with Gasteiger partial charge in [0.05, 0.1) is 0 Å². The molecule has 0 bridgehead atoms. The molecule has 2 N–H and O–H groups in total. The third kappa shape index (κ3) is 9.72. The maximum absolute atomic E-state index is 12.8. The highest BCUT2D eigenvalue weighted by atomic mass is 35.5. The fourth-order valence-corrected chi connectivity index (χ4v) is 3.86. The summed E-state index contributed by atoms with van der Waals surface area (Å²) in [5, 5.41) is 6.30. The summed E-state index contributed by atoms with van der Waals surface area (Å²) in [5.74, 6) is -0.165. The lowest BCUT2D eigenvalue weighted by Gasteiger charge is -2.26. The van der Waals surface area contributed by atoms with Gasteiger partial charge >= 0.3 is 0 Å². The van der Waals surface area contributed by atoms with Crippen molar-refractivity contribution in [2.24, 2.45) is 0 Å². The van der Waals surface area contributed by atoms with Gasteiger partial charge in [-0.1, -0.05) is 36.9 Å². The average Bonchev–Trinajstić information content (AvgIpc) is 2.71. The molecule has 1 fully saturated rings. The molecule has 1 aliphatic heterocycles. The lowest BCUT2D eigenvalue weighted by atomic mass is 10.0. The fraction of sp³-hybridized carbons (Fsp3) is 0.609. The molecular formula is C23H34ClN3O3. The maximum Gasteiger partial charge on any atom is 0.246 e. The summed E-state index contributed by atoms with van der Waals surface area (Å²) in [6.45, 7) is 4.40. The number of benzene rings is 1. The number of rotatable bonds is 12. The van der Waals surface area contributed by atoms with Gasteiger partial charge in [0, 0.05) is 30.1 Å². The standard InChI is InChI=1S/C23H34ClN3O3/c1-18(28)9-4-2-5-12-21(23(30)25-20-11-8-10-19(24)17-20)26-22(29)13-16-27-14-6-3-7-15-27/h8,10-11,17,21H,2-7,9,12-16H2,1H3,(H,25,30)(H,26,29)/t21-/m0/s1. The van der Waals surface area contributed by atoms with E-state index in [1.54, 1.807) is 31.2 Å². The predicted molar refractivity (Wildman–Crippen MR) is 121 cm³/mol. The zero-order valence-corrected chi connectivity index (χ0v) is 18.7. The van der Waals surface area contributed by atoms with Crippen LogP contribution in [0.4, 0.5) is 5.69 Å². The molecule has 1 aliphatic rings. The normalized spacial score (nSPS) is 15.4. The van der Waals surface area contributed by atoms with Crippen LogP contribution < -0.4 is 10.6 Å². The van der Waals surface area contributed by atoms with Crippen LogP contribution in [-0.4, -0.2) is 48.2 Å². The molecule has 2 rings (SSSR count). The van der Waals surface area contributed by atoms with Crippen LogP contribution in [0.25, 0.3) is 0 Å². The Bertz CT molecular complexity index is 705. The molecule has 6 nitrogen and oxygen atoms in total. The smallest absolute Gasteiger partial charge is 0.246 e. The number of unbranched alkanes of at least 4 members (excludes halogenated alkanes) is 2. The van der Waals surface area contributed by atoms with E-state index in [-0.39, 0.29) is 17.6 Å². The number of amides is 2. The summed E-state index contributed by atoms with van der Waals surface area (Å²) < 4.78 is 0. The molecule has 0 aliphatic carbocycles. The topological polar surface area (TPSA) is 78.5 Å². The van der Waals surface area contributed by atoms with E-state index in [1.165, 1.54) is 19.3 Å². The minimum atomic E-state index is -0.602. The van der Waals surface area contributed by atoms with Crippen LogP contribution in [0.5, 0.6) is 0 Å². The average molecular weight is 436 g/mol. The van der Waals surface area contributed by atoms with Crippen molar-refractivity contribution >= 4 is 34.9 Å². The van der Waals surface area contributed by atoms with Crippen molar-refractivity contribution in [3.63, 3.8) is 0 Å². The van der Waals surface area contributed by atoms with Gasteiger partial charge in [-0.05, 0) is 63.9 Å². The number of hydrogen-bond donors (Lipinski definition) is 2. The SMILES string of the molecule is CC(=O)CCCCC[C@H](NC(=O)CCN1CCCCC1)C(=O)Nc1cccc(Cl)c1. The van der Waals surface area contributed by atoms with E-state index in [2.05, 4.69) is 15.5 Å². The number of carbonyl (C=O) groups excluding carboxylic acids is 3. The molecule has 0 spiro atoms. The molecule has 166 valence electrons. The number of ketones is 1. The summed E-state index contributed by atoms with van der Waals surface area (Å²) >= 11 is 6.00. The molecule has 1 aromatic rings. The van der Waals surface area contributed by atoms with Crippen LogP contribution in [0, 0.1) is 0 Å². The Morgan fingerprint density at radius 2 is 1.83 bits per heavy atom. The Kier molecular flexibility index (Phi) is 10.9. The minimum absolute atomic E-state index is 0.101. The second-order valence-electron chi connectivity index (χ2n) is 8.07. The lowest BCUT2D eigenvalue weighted by Crippen LogP contribution is -2.45. The third-order valence-electron chi connectivity index (χ3n) is 5.37. The van der Waals surface area contributed by atoms with Crippen molar-refractivity contribution in [3.05, 3.63) is 29.3 Å². The Morgan fingerprint density at radius 3 is 2.53 bits per heavy atom. The number of Topliss-reactive ketones (excluding diaryl/α,β-unsaturated/α-hetero) is 1. The van der Waals surface area contributed by atoms with Crippen molar-refractivity contribution in [2.75, 3.05) is 25.0 Å². The molecule has 0 aromatic heterocycles. The van der Waals surface area contributed by atoms with E-state index in [1.807, 2.05) is 0 Å². The van der Waals surface area contributed by atoms with E-state index in [4.69, 9.17) is 11.6 Å². The summed E-state index contributed by atoms with van der Waals surface area (Å²) in [6, 6.07) is 6.36. The quantitative estimate of drug-likeness (QED) is 0.483. The predicted octanol–water partition coefficient (Wildman–Crippen LogP) is 4.18. The zero-order chi connectivity index (χ0) is 21.8. The largest absolute Gasteiger partial charge is 0.344 e. The molecule has 1 saturated heterocycles. The molecule has 30 heavy (non-hydrogen) atoms. The van der Waals surface area contributed by atoms with Gasteiger partial charge in [0.2, 0.25) is 11.8 Å². The van der Waals surface area contributed by atoms with Gasteiger partial charge in [-0.3, -0.25) is 9.59 Å². The molecular weight excluding hydrogens is 402 g/mol. The summed E-state index contributed by atoms with van der Waals surface area (Å²) in [4.78, 5) is 38.7. The van der Waals surface area contributed by atoms with Crippen molar-refractivity contribution in [1.29, 1.82) is 0 Å². The lowest BCUT2D eigenvalue weighted by molar-refractivity contribution is -0.126. The second-order valence-corrected chi connectivity index (χ2v) is 8.51. The molecule has 7 heteroatoms. The molecule has 0 radical (unpaired) electrons. The van der Waals surface area contributed by atoms with Gasteiger partial charge in [0.25, 0.3) is 0 Å². The highest BCUT2D eigenvalue weighted by molar-refractivity contribution is 6.30. The maximum atomic E-state index is 12.8. The van der Waals surface area contributed by atoms with Crippen LogP contribution in [-0.2, 0) is 14.4 Å². The number of likely N-dealkylation sites (tertiary alicyclic amines) is 1. The van der Waals surface area contributed by atoms with Gasteiger partial charge < -0.3 is 20.3 Å². The number of nitrogens with zero attached hydrogens (tertiary/aromatic N) is 1. The van der Waals surface area contributed by atoms with Gasteiger partial charge in [0.1, 0.15) is 11.8 Å². The zero-order valence-electron chi connectivity index (χ0n) is 17.9. The first kappa shape index (κ1) is 24.4. The Balaban J connectivity index is 1.87.